The number of hydrogen-bond acceptors (Lipinski definition) is 9. The number of likely N-dealkylation sites (tertiary alicyclic amines) is 1. The highest BCUT2D eigenvalue weighted by Gasteiger charge is 2.20. The van der Waals surface area contributed by atoms with Crippen LogP contribution < -0.4 is 14.2 Å². The summed E-state index contributed by atoms with van der Waals surface area (Å²) in [7, 11) is 0. The monoisotopic (exact) mass is 542 g/mol. The topological polar surface area (TPSA) is 131 Å². The van der Waals surface area contributed by atoms with Crippen LogP contribution in [0.25, 0.3) is 33.8 Å². The maximum absolute atomic E-state index is 9.08. The number of ether oxygens (including phenoxy) is 3. The van der Waals surface area contributed by atoms with Crippen molar-refractivity contribution in [2.45, 2.75) is 32.7 Å². The molecule has 10 heteroatoms. The summed E-state index contributed by atoms with van der Waals surface area (Å²) in [6, 6.07) is 13.9. The average molecular weight is 543 g/mol. The number of carboxylic acid groups (broad SMARTS) is 1. The molecule has 0 atom stereocenters. The van der Waals surface area contributed by atoms with Gasteiger partial charge in [0, 0.05) is 24.4 Å². The van der Waals surface area contributed by atoms with Crippen molar-refractivity contribution in [3.8, 4) is 46.0 Å². The quantitative estimate of drug-likeness (QED) is 0.323. The van der Waals surface area contributed by atoms with Gasteiger partial charge in [-0.3, -0.25) is 14.7 Å². The van der Waals surface area contributed by atoms with Gasteiger partial charge in [0.25, 0.3) is 6.47 Å². The molecule has 0 saturated carbocycles. The number of fused-ring (bicyclic) bond motifs is 2. The minimum atomic E-state index is -0.250. The van der Waals surface area contributed by atoms with E-state index in [-0.39, 0.29) is 13.1 Å². The van der Waals surface area contributed by atoms with E-state index in [4.69, 9.17) is 38.8 Å². The molecule has 6 rings (SSSR count). The summed E-state index contributed by atoms with van der Waals surface area (Å²) in [6.45, 7) is 5.75. The molecule has 206 valence electrons. The predicted octanol–water partition coefficient (Wildman–Crippen LogP) is 5.23. The van der Waals surface area contributed by atoms with Gasteiger partial charge >= 0.3 is 0 Å². The Kier molecular flexibility index (Phi) is 8.42. The molecule has 0 amide bonds. The van der Waals surface area contributed by atoms with Crippen molar-refractivity contribution in [2.24, 2.45) is 0 Å². The first-order chi connectivity index (χ1) is 19.6. The molecular formula is C30H30N4O6. The first-order valence-electron chi connectivity index (χ1n) is 13.2. The van der Waals surface area contributed by atoms with E-state index in [1.807, 2.05) is 43.3 Å². The number of carbonyl (C=O) groups is 1. The molecule has 40 heavy (non-hydrogen) atoms. The summed E-state index contributed by atoms with van der Waals surface area (Å²) in [5.74, 6) is 2.62. The molecule has 4 aromatic rings. The third-order valence-electron chi connectivity index (χ3n) is 6.97. The Hall–Kier alpha value is -4.62. The number of nitriles is 1. The molecule has 2 aliphatic rings. The van der Waals surface area contributed by atoms with Crippen molar-refractivity contribution in [3.05, 3.63) is 53.7 Å². The number of oxazole rings is 1. The number of rotatable bonds is 6. The lowest BCUT2D eigenvalue weighted by Crippen LogP contribution is -2.29. The third-order valence-corrected chi connectivity index (χ3v) is 6.97. The minimum absolute atomic E-state index is 0.0161. The minimum Gasteiger partial charge on any atom is -0.486 e. The molecule has 0 unspecified atom stereocenters. The van der Waals surface area contributed by atoms with Crippen LogP contribution in [-0.4, -0.2) is 59.4 Å². The molecular weight excluding hydrogens is 512 g/mol. The van der Waals surface area contributed by atoms with E-state index in [1.165, 1.54) is 19.3 Å². The van der Waals surface area contributed by atoms with Crippen molar-refractivity contribution in [2.75, 3.05) is 32.9 Å². The fraction of sp³-hybridized carbons (Fsp3) is 0.333. The second-order valence-corrected chi connectivity index (χ2v) is 9.53. The Morgan fingerprint density at radius 3 is 2.65 bits per heavy atom. The van der Waals surface area contributed by atoms with Gasteiger partial charge in [-0.2, -0.15) is 5.26 Å². The number of nitrogens with zero attached hydrogens (tertiary/aromatic N) is 4. The Morgan fingerprint density at radius 1 is 1.10 bits per heavy atom. The second-order valence-electron chi connectivity index (χ2n) is 9.53. The molecule has 0 aliphatic carbocycles. The smallest absolute Gasteiger partial charge is 0.290 e. The van der Waals surface area contributed by atoms with Gasteiger partial charge in [0.05, 0.1) is 0 Å². The van der Waals surface area contributed by atoms with Crippen molar-refractivity contribution >= 4 is 17.6 Å². The highest BCUT2D eigenvalue weighted by molar-refractivity contribution is 5.81. The van der Waals surface area contributed by atoms with Crippen molar-refractivity contribution < 1.29 is 28.5 Å². The highest BCUT2D eigenvalue weighted by atomic mass is 16.6. The molecule has 1 saturated heterocycles. The zero-order chi connectivity index (χ0) is 27.9. The van der Waals surface area contributed by atoms with Crippen LogP contribution in [0.4, 0.5) is 0 Å². The summed E-state index contributed by atoms with van der Waals surface area (Å²) in [5.41, 5.74) is 6.04. The number of hydrogen-bond donors (Lipinski definition) is 1. The fourth-order valence-electron chi connectivity index (χ4n) is 5.10. The van der Waals surface area contributed by atoms with Crippen LogP contribution in [0.1, 0.15) is 30.4 Å². The first kappa shape index (κ1) is 27.0. The van der Waals surface area contributed by atoms with Gasteiger partial charge < -0.3 is 23.7 Å². The molecule has 1 N–H and O–H groups in total. The van der Waals surface area contributed by atoms with Crippen LogP contribution in [0.2, 0.25) is 0 Å². The number of aromatic nitrogens is 2. The van der Waals surface area contributed by atoms with Gasteiger partial charge in [-0.1, -0.05) is 12.5 Å². The van der Waals surface area contributed by atoms with Gasteiger partial charge in [0.15, 0.2) is 23.7 Å². The van der Waals surface area contributed by atoms with Gasteiger partial charge in [0.2, 0.25) is 5.89 Å². The van der Waals surface area contributed by atoms with Crippen LogP contribution in [0.15, 0.2) is 47.0 Å². The maximum atomic E-state index is 9.08. The van der Waals surface area contributed by atoms with E-state index in [9.17, 15) is 0 Å². The lowest BCUT2D eigenvalue weighted by molar-refractivity contribution is -0.122. The molecule has 2 aromatic carbocycles. The lowest BCUT2D eigenvalue weighted by Gasteiger charge is -2.27. The van der Waals surface area contributed by atoms with Gasteiger partial charge in [0.1, 0.15) is 36.2 Å². The summed E-state index contributed by atoms with van der Waals surface area (Å²) in [4.78, 5) is 20.2. The van der Waals surface area contributed by atoms with Crippen LogP contribution in [0.3, 0.4) is 0 Å². The van der Waals surface area contributed by atoms with E-state index >= 15 is 0 Å². The van der Waals surface area contributed by atoms with E-state index in [0.29, 0.717) is 36.1 Å². The predicted molar refractivity (Wildman–Crippen MR) is 147 cm³/mol. The van der Waals surface area contributed by atoms with Gasteiger partial charge in [-0.05, 0) is 73.8 Å². The zero-order valence-corrected chi connectivity index (χ0v) is 22.3. The van der Waals surface area contributed by atoms with E-state index in [1.54, 1.807) is 6.20 Å². The Labute approximate surface area is 231 Å². The molecule has 2 aliphatic heterocycles. The molecule has 0 bridgehead atoms. The molecule has 0 spiro atoms. The van der Waals surface area contributed by atoms with E-state index < -0.39 is 0 Å². The number of piperidine rings is 1. The standard InChI is InChI=1S/C29H28N4O4.CH2O2/c1-19-22(20-5-6-24-27(16-20)36-14-13-35-24)7-9-31-28(19)29-32-23-15-21(18-33-10-3-2-4-11-33)25(34-12-8-30)17-26(23)37-29;2-1-3/h5-7,9,15-17H,2-4,10-14,18H2,1H3;1H,(H,2,3). The number of pyridine rings is 1. The van der Waals surface area contributed by atoms with Gasteiger partial charge in [-0.25, -0.2) is 4.98 Å². The summed E-state index contributed by atoms with van der Waals surface area (Å²) >= 11 is 0. The zero-order valence-electron chi connectivity index (χ0n) is 22.3. The average Bonchev–Trinajstić information content (AvgIpc) is 3.39. The summed E-state index contributed by atoms with van der Waals surface area (Å²) in [5, 5.41) is 16.0. The van der Waals surface area contributed by atoms with Crippen LogP contribution in [0.5, 0.6) is 17.2 Å². The SMILES string of the molecule is Cc1c(-c2ccc3c(c2)OCCO3)ccnc1-c1nc2cc(CN3CCCCC3)c(OCC#N)cc2o1.O=CO. The van der Waals surface area contributed by atoms with Crippen molar-refractivity contribution in [1.82, 2.24) is 14.9 Å². The first-order valence-corrected chi connectivity index (χ1v) is 13.2. The van der Waals surface area contributed by atoms with E-state index in [2.05, 4.69) is 16.0 Å². The third kappa shape index (κ3) is 5.84. The van der Waals surface area contributed by atoms with Crippen molar-refractivity contribution in [3.63, 3.8) is 0 Å². The highest BCUT2D eigenvalue weighted by Crippen LogP contribution is 2.38. The number of benzene rings is 2. The second kappa shape index (κ2) is 12.5. The van der Waals surface area contributed by atoms with Crippen LogP contribution in [-0.2, 0) is 11.3 Å². The van der Waals surface area contributed by atoms with Crippen LogP contribution >= 0.6 is 0 Å². The van der Waals surface area contributed by atoms with E-state index in [0.717, 1.165) is 58.9 Å². The molecule has 4 heterocycles. The molecule has 10 nitrogen and oxygen atoms in total. The Bertz CT molecular complexity index is 1540. The van der Waals surface area contributed by atoms with Crippen LogP contribution in [0, 0.1) is 18.3 Å². The Morgan fingerprint density at radius 2 is 1.88 bits per heavy atom. The lowest BCUT2D eigenvalue weighted by atomic mass is 9.99. The Balaban J connectivity index is 0.00000103. The molecule has 0 radical (unpaired) electrons. The normalized spacial score (nSPS) is 14.6. The maximum Gasteiger partial charge on any atom is 0.290 e. The van der Waals surface area contributed by atoms with Gasteiger partial charge in [-0.15, -0.1) is 0 Å². The summed E-state index contributed by atoms with van der Waals surface area (Å²) < 4.78 is 23.4. The van der Waals surface area contributed by atoms with Crippen molar-refractivity contribution in [1.29, 1.82) is 5.26 Å². The summed E-state index contributed by atoms with van der Waals surface area (Å²) in [6.07, 6.45) is 5.45. The molecule has 1 fully saturated rings. The largest absolute Gasteiger partial charge is 0.486 e. The fourth-order valence-corrected chi connectivity index (χ4v) is 5.10. The molecule has 2 aromatic heterocycles.